The summed E-state index contributed by atoms with van der Waals surface area (Å²) >= 11 is 0. The normalized spacial score (nSPS) is 10.9. The molecule has 0 radical (unpaired) electrons. The van der Waals surface area contributed by atoms with Crippen molar-refractivity contribution in [1.29, 1.82) is 0 Å². The van der Waals surface area contributed by atoms with Crippen LogP contribution in [0.15, 0.2) is 42.5 Å². The van der Waals surface area contributed by atoms with Gasteiger partial charge in [-0.05, 0) is 38.1 Å². The summed E-state index contributed by atoms with van der Waals surface area (Å²) in [6.07, 6.45) is 0. The highest BCUT2D eigenvalue weighted by Crippen LogP contribution is 2.25. The third-order valence-corrected chi connectivity index (χ3v) is 3.66. The van der Waals surface area contributed by atoms with Crippen LogP contribution in [0.4, 0.5) is 20.2 Å². The smallest absolute Gasteiger partial charge is 0.239 e. The molecule has 0 aromatic heterocycles. The molecule has 25 heavy (non-hydrogen) atoms. The standard InChI is InChI=1S/C18H18F2N2O3/c1-18(2,16(23)21-11-6-4-7-12(10-11)25-3)17(24)22-15-13(19)8-5-9-14(15)20/h4-10H,1-3H3,(H,21,23)(H,22,24). The van der Waals surface area contributed by atoms with Crippen molar-refractivity contribution >= 4 is 23.2 Å². The number of ether oxygens (including phenoxy) is 1. The number of anilines is 2. The SMILES string of the molecule is COc1cccc(NC(=O)C(C)(C)C(=O)Nc2c(F)cccc2F)c1. The van der Waals surface area contributed by atoms with Gasteiger partial charge >= 0.3 is 0 Å². The Morgan fingerprint density at radius 2 is 1.52 bits per heavy atom. The zero-order valence-electron chi connectivity index (χ0n) is 14.0. The van der Waals surface area contributed by atoms with Gasteiger partial charge in [0.25, 0.3) is 0 Å². The van der Waals surface area contributed by atoms with E-state index < -0.39 is 34.6 Å². The molecule has 7 heteroatoms. The van der Waals surface area contributed by atoms with Crippen LogP contribution in [0, 0.1) is 17.0 Å². The third kappa shape index (κ3) is 4.12. The Morgan fingerprint density at radius 1 is 0.960 bits per heavy atom. The van der Waals surface area contributed by atoms with Gasteiger partial charge in [0.2, 0.25) is 11.8 Å². The second-order valence-electron chi connectivity index (χ2n) is 5.86. The maximum Gasteiger partial charge on any atom is 0.239 e. The number of rotatable bonds is 5. The third-order valence-electron chi connectivity index (χ3n) is 3.66. The van der Waals surface area contributed by atoms with Crippen molar-refractivity contribution in [3.8, 4) is 5.75 Å². The topological polar surface area (TPSA) is 67.4 Å². The zero-order chi connectivity index (χ0) is 18.6. The molecule has 132 valence electrons. The summed E-state index contributed by atoms with van der Waals surface area (Å²) in [5.74, 6) is -2.77. The quantitative estimate of drug-likeness (QED) is 0.812. The van der Waals surface area contributed by atoms with Gasteiger partial charge in [0.15, 0.2) is 0 Å². The number of carbonyl (C=O) groups is 2. The van der Waals surface area contributed by atoms with E-state index in [1.807, 2.05) is 0 Å². The molecule has 5 nitrogen and oxygen atoms in total. The fourth-order valence-electron chi connectivity index (χ4n) is 1.98. The molecule has 0 heterocycles. The molecule has 0 aliphatic rings. The summed E-state index contributed by atoms with van der Waals surface area (Å²) in [6.45, 7) is 2.72. The summed E-state index contributed by atoms with van der Waals surface area (Å²) in [5, 5.41) is 4.72. The number of methoxy groups -OCH3 is 1. The number of hydrogen-bond donors (Lipinski definition) is 2. The summed E-state index contributed by atoms with van der Waals surface area (Å²) in [5.41, 5.74) is -1.73. The fraction of sp³-hybridized carbons (Fsp3) is 0.222. The van der Waals surface area contributed by atoms with E-state index in [1.165, 1.54) is 27.0 Å². The maximum atomic E-state index is 13.7. The number of benzene rings is 2. The number of amides is 2. The molecule has 0 saturated carbocycles. The maximum absolute atomic E-state index is 13.7. The minimum atomic E-state index is -1.57. The van der Waals surface area contributed by atoms with Crippen LogP contribution in [-0.4, -0.2) is 18.9 Å². The molecular weight excluding hydrogens is 330 g/mol. The molecule has 0 fully saturated rings. The van der Waals surface area contributed by atoms with Gasteiger partial charge in [-0.3, -0.25) is 9.59 Å². The van der Waals surface area contributed by atoms with Crippen molar-refractivity contribution in [2.45, 2.75) is 13.8 Å². The Morgan fingerprint density at radius 3 is 2.12 bits per heavy atom. The Hall–Kier alpha value is -2.96. The molecule has 0 aliphatic heterocycles. The lowest BCUT2D eigenvalue weighted by Crippen LogP contribution is -2.41. The molecule has 0 unspecified atom stereocenters. The van der Waals surface area contributed by atoms with Gasteiger partial charge in [0.1, 0.15) is 28.5 Å². The van der Waals surface area contributed by atoms with E-state index in [0.29, 0.717) is 11.4 Å². The first-order valence-corrected chi connectivity index (χ1v) is 7.46. The first-order chi connectivity index (χ1) is 11.8. The van der Waals surface area contributed by atoms with Crippen molar-refractivity contribution in [2.24, 2.45) is 5.41 Å². The van der Waals surface area contributed by atoms with Gasteiger partial charge in [-0.25, -0.2) is 8.78 Å². The monoisotopic (exact) mass is 348 g/mol. The van der Waals surface area contributed by atoms with Crippen LogP contribution in [0.5, 0.6) is 5.75 Å². The van der Waals surface area contributed by atoms with Crippen molar-refractivity contribution in [1.82, 2.24) is 0 Å². The van der Waals surface area contributed by atoms with Gasteiger partial charge in [-0.2, -0.15) is 0 Å². The molecule has 2 amide bonds. The van der Waals surface area contributed by atoms with Crippen LogP contribution >= 0.6 is 0 Å². The second kappa shape index (κ2) is 7.29. The number of hydrogen-bond acceptors (Lipinski definition) is 3. The van der Waals surface area contributed by atoms with Crippen molar-refractivity contribution in [3.63, 3.8) is 0 Å². The van der Waals surface area contributed by atoms with Gasteiger partial charge in [0, 0.05) is 11.8 Å². The van der Waals surface area contributed by atoms with E-state index in [-0.39, 0.29) is 0 Å². The Bertz CT molecular complexity index is 786. The van der Waals surface area contributed by atoms with Crippen molar-refractivity contribution in [2.75, 3.05) is 17.7 Å². The molecule has 2 N–H and O–H groups in total. The molecule has 0 aliphatic carbocycles. The lowest BCUT2D eigenvalue weighted by molar-refractivity contribution is -0.135. The largest absolute Gasteiger partial charge is 0.497 e. The molecule has 2 rings (SSSR count). The molecule has 0 atom stereocenters. The fourth-order valence-corrected chi connectivity index (χ4v) is 1.98. The number of para-hydroxylation sites is 1. The van der Waals surface area contributed by atoms with E-state index in [9.17, 15) is 18.4 Å². The van der Waals surface area contributed by atoms with E-state index in [0.717, 1.165) is 12.1 Å². The molecule has 0 saturated heterocycles. The lowest BCUT2D eigenvalue weighted by Gasteiger charge is -2.23. The minimum absolute atomic E-state index is 0.433. The summed E-state index contributed by atoms with van der Waals surface area (Å²) < 4.78 is 32.4. The first kappa shape index (κ1) is 18.4. The van der Waals surface area contributed by atoms with Crippen LogP contribution in [0.1, 0.15) is 13.8 Å². The molecule has 0 bridgehead atoms. The van der Waals surface area contributed by atoms with Gasteiger partial charge < -0.3 is 15.4 Å². The van der Waals surface area contributed by atoms with Crippen LogP contribution in [-0.2, 0) is 9.59 Å². The Balaban J connectivity index is 2.15. The van der Waals surface area contributed by atoms with E-state index in [1.54, 1.807) is 24.3 Å². The van der Waals surface area contributed by atoms with Crippen molar-refractivity contribution < 1.29 is 23.1 Å². The average molecular weight is 348 g/mol. The zero-order valence-corrected chi connectivity index (χ0v) is 14.0. The molecular formula is C18H18F2N2O3. The highest BCUT2D eigenvalue weighted by Gasteiger charge is 2.37. The summed E-state index contributed by atoms with van der Waals surface area (Å²) in [6, 6.07) is 9.81. The number of nitrogens with one attached hydrogen (secondary N) is 2. The van der Waals surface area contributed by atoms with E-state index >= 15 is 0 Å². The molecule has 2 aromatic rings. The van der Waals surface area contributed by atoms with Gasteiger partial charge in [0.05, 0.1) is 7.11 Å². The Labute approximate surface area is 144 Å². The first-order valence-electron chi connectivity index (χ1n) is 7.46. The van der Waals surface area contributed by atoms with Gasteiger partial charge in [-0.15, -0.1) is 0 Å². The van der Waals surface area contributed by atoms with Crippen LogP contribution in [0.25, 0.3) is 0 Å². The molecule has 0 spiro atoms. The van der Waals surface area contributed by atoms with Crippen LogP contribution in [0.2, 0.25) is 0 Å². The van der Waals surface area contributed by atoms with E-state index in [2.05, 4.69) is 10.6 Å². The van der Waals surface area contributed by atoms with Gasteiger partial charge in [-0.1, -0.05) is 12.1 Å². The number of halogens is 2. The molecule has 2 aromatic carbocycles. The van der Waals surface area contributed by atoms with E-state index in [4.69, 9.17) is 4.74 Å². The summed E-state index contributed by atoms with van der Waals surface area (Å²) in [4.78, 5) is 24.8. The predicted molar refractivity (Wildman–Crippen MR) is 90.4 cm³/mol. The highest BCUT2D eigenvalue weighted by atomic mass is 19.1. The average Bonchev–Trinajstić information content (AvgIpc) is 2.58. The Kier molecular flexibility index (Phi) is 5.36. The lowest BCUT2D eigenvalue weighted by atomic mass is 9.90. The highest BCUT2D eigenvalue weighted by molar-refractivity contribution is 6.14. The summed E-state index contributed by atoms with van der Waals surface area (Å²) in [7, 11) is 1.49. The second-order valence-corrected chi connectivity index (χ2v) is 5.86. The predicted octanol–water partition coefficient (Wildman–Crippen LogP) is 3.58. The number of carbonyl (C=O) groups excluding carboxylic acids is 2. The van der Waals surface area contributed by atoms with Crippen molar-refractivity contribution in [3.05, 3.63) is 54.1 Å². The minimum Gasteiger partial charge on any atom is -0.497 e. The van der Waals surface area contributed by atoms with Crippen LogP contribution < -0.4 is 15.4 Å². The van der Waals surface area contributed by atoms with Crippen LogP contribution in [0.3, 0.4) is 0 Å².